The molecule has 1 aromatic carbocycles. The van der Waals surface area contributed by atoms with E-state index in [9.17, 15) is 23.7 Å². The van der Waals surface area contributed by atoms with Crippen LogP contribution in [-0.4, -0.2) is 16.9 Å². The number of halogens is 4. The molecule has 0 aromatic heterocycles. The Balaban J connectivity index is 3.24. The van der Waals surface area contributed by atoms with Crippen LogP contribution in [0.1, 0.15) is 0 Å². The van der Waals surface area contributed by atoms with Crippen molar-refractivity contribution >= 4 is 34.8 Å². The minimum absolute atomic E-state index is 0.229. The lowest BCUT2D eigenvalue weighted by molar-refractivity contribution is -0.386. The van der Waals surface area contributed by atoms with Crippen LogP contribution < -0.4 is 16.0 Å². The third-order valence-electron chi connectivity index (χ3n) is 1.83. The fraction of sp³-hybridized carbons (Fsp3) is 0.125. The van der Waals surface area contributed by atoms with Crippen molar-refractivity contribution in [2.45, 2.75) is 6.11 Å². The van der Waals surface area contributed by atoms with E-state index in [-0.39, 0.29) is 10.0 Å². The van der Waals surface area contributed by atoms with Crippen molar-refractivity contribution in [3.05, 3.63) is 32.3 Å². The van der Waals surface area contributed by atoms with Crippen LogP contribution in [0.3, 0.4) is 0 Å². The molecule has 0 aliphatic heterocycles. The van der Waals surface area contributed by atoms with E-state index < -0.39 is 28.4 Å². The van der Waals surface area contributed by atoms with E-state index in [2.05, 4.69) is 10.6 Å². The number of nitro groups is 1. The summed E-state index contributed by atoms with van der Waals surface area (Å²) < 4.78 is 30.3. The van der Waals surface area contributed by atoms with E-state index in [4.69, 9.17) is 23.2 Å². The highest BCUT2D eigenvalue weighted by atomic mass is 35.5. The summed E-state index contributed by atoms with van der Waals surface area (Å²) in [7, 11) is 0. The molecule has 0 aliphatic rings. The third kappa shape index (κ3) is 3.40. The zero-order valence-electron chi connectivity index (χ0n) is 8.82. The fourth-order valence-corrected chi connectivity index (χ4v) is 1.32. The van der Waals surface area contributed by atoms with Gasteiger partial charge in [0.2, 0.25) is 5.75 Å². The Morgan fingerprint density at radius 1 is 1.42 bits per heavy atom. The first-order chi connectivity index (χ1) is 8.69. The van der Waals surface area contributed by atoms with E-state index in [1.165, 1.54) is 0 Å². The van der Waals surface area contributed by atoms with Crippen molar-refractivity contribution in [1.82, 2.24) is 5.43 Å². The number of hydrogen-bond donors (Lipinski definition) is 2. The number of nitro benzene ring substituents is 1. The van der Waals surface area contributed by atoms with Gasteiger partial charge in [-0.15, -0.1) is 0 Å². The molecule has 7 nitrogen and oxygen atoms in total. The molecule has 0 heterocycles. The highest BCUT2D eigenvalue weighted by Gasteiger charge is 2.43. The maximum Gasteiger partial charge on any atom is 0.483 e. The predicted molar refractivity (Wildman–Crippen MR) is 61.0 cm³/mol. The van der Waals surface area contributed by atoms with Crippen molar-refractivity contribution in [3.63, 3.8) is 0 Å². The van der Waals surface area contributed by atoms with Gasteiger partial charge >= 0.3 is 17.7 Å². The number of carbonyl (C=O) groups excluding carboxylic acids is 1. The molecule has 0 saturated heterocycles. The number of rotatable bonds is 4. The molecule has 0 saturated carbocycles. The molecule has 19 heavy (non-hydrogen) atoms. The average molecular weight is 316 g/mol. The van der Waals surface area contributed by atoms with Gasteiger partial charge in [-0.2, -0.15) is 8.78 Å². The summed E-state index contributed by atoms with van der Waals surface area (Å²) in [5.74, 6) is 1.62. The van der Waals surface area contributed by atoms with Crippen LogP contribution in [-0.2, 0) is 4.79 Å². The first kappa shape index (κ1) is 15.3. The number of hydrogen-bond acceptors (Lipinski definition) is 5. The lowest BCUT2D eigenvalue weighted by Crippen LogP contribution is -2.47. The Bertz CT molecular complexity index is 541. The summed E-state index contributed by atoms with van der Waals surface area (Å²) in [6.07, 6.45) is -4.41. The largest absolute Gasteiger partial charge is 0.483 e. The first-order valence-corrected chi connectivity index (χ1v) is 5.16. The average Bonchev–Trinajstić information content (AvgIpc) is 2.31. The summed E-state index contributed by atoms with van der Waals surface area (Å²) in [5.41, 5.74) is 0.281. The van der Waals surface area contributed by atoms with Gasteiger partial charge in [0.05, 0.1) is 15.0 Å². The maximum atomic E-state index is 13.2. The van der Waals surface area contributed by atoms with Gasteiger partial charge in [0.25, 0.3) is 0 Å². The monoisotopic (exact) mass is 315 g/mol. The van der Waals surface area contributed by atoms with E-state index in [1.807, 2.05) is 0 Å². The smallest absolute Gasteiger partial charge is 0.418 e. The maximum absolute atomic E-state index is 13.2. The van der Waals surface area contributed by atoms with Crippen LogP contribution in [0, 0.1) is 10.1 Å². The van der Waals surface area contributed by atoms with Crippen molar-refractivity contribution in [1.29, 1.82) is 0 Å². The molecule has 11 heteroatoms. The highest BCUT2D eigenvalue weighted by molar-refractivity contribution is 6.42. The number of nitrogens with one attached hydrogen (secondary N) is 1. The minimum atomic E-state index is -4.41. The number of nitrogens with zero attached hydrogens (tertiary/aromatic N) is 1. The SMILES string of the molecule is NNC(=O)C(F)(F)Oc1cc(Cl)c(Cl)cc1[N+](=O)[O-]. The van der Waals surface area contributed by atoms with Crippen molar-refractivity contribution in [2.75, 3.05) is 0 Å². The molecular formula is C8H5Cl2F2N3O4. The fourth-order valence-electron chi connectivity index (χ4n) is 1.01. The molecule has 1 rings (SSSR count). The molecule has 0 spiro atoms. The highest BCUT2D eigenvalue weighted by Crippen LogP contribution is 2.37. The molecule has 0 unspecified atom stereocenters. The van der Waals surface area contributed by atoms with Crippen molar-refractivity contribution in [3.8, 4) is 5.75 Å². The number of ether oxygens (including phenoxy) is 1. The van der Waals surface area contributed by atoms with Gasteiger partial charge in [-0.1, -0.05) is 23.2 Å². The summed E-state index contributed by atoms with van der Waals surface area (Å²) >= 11 is 11.0. The molecule has 0 fully saturated rings. The Hall–Kier alpha value is -1.71. The van der Waals surface area contributed by atoms with Crippen LogP contribution in [0.25, 0.3) is 0 Å². The molecule has 0 bridgehead atoms. The van der Waals surface area contributed by atoms with Crippen molar-refractivity contribution < 1.29 is 23.2 Å². The zero-order valence-corrected chi connectivity index (χ0v) is 10.3. The number of alkyl halides is 2. The predicted octanol–water partition coefficient (Wildman–Crippen LogP) is 1.86. The summed E-state index contributed by atoms with van der Waals surface area (Å²) in [4.78, 5) is 20.4. The van der Waals surface area contributed by atoms with Crippen LogP contribution in [0.5, 0.6) is 5.75 Å². The second-order valence-electron chi connectivity index (χ2n) is 3.08. The Morgan fingerprint density at radius 3 is 2.42 bits per heavy atom. The second-order valence-corrected chi connectivity index (χ2v) is 3.90. The summed E-state index contributed by atoms with van der Waals surface area (Å²) in [5, 5.41) is 10.2. The standard InChI is InChI=1S/C8H5Cl2F2N3O4/c9-3-1-5(15(17)18)6(2-4(3)10)19-8(11,12)7(16)14-13/h1-2H,13H2,(H,14,16). The topological polar surface area (TPSA) is 107 Å². The molecule has 0 radical (unpaired) electrons. The van der Waals surface area contributed by atoms with Gasteiger partial charge in [-0.3, -0.25) is 20.3 Å². The molecule has 1 amide bonds. The summed E-state index contributed by atoms with van der Waals surface area (Å²) in [6, 6.07) is 1.41. The van der Waals surface area contributed by atoms with Gasteiger partial charge in [0.1, 0.15) is 0 Å². The first-order valence-electron chi connectivity index (χ1n) is 4.40. The number of nitrogens with two attached hydrogens (primary N) is 1. The Morgan fingerprint density at radius 2 is 1.95 bits per heavy atom. The quantitative estimate of drug-likeness (QED) is 0.381. The zero-order chi connectivity index (χ0) is 14.8. The van der Waals surface area contributed by atoms with Gasteiger partial charge in [0, 0.05) is 12.1 Å². The molecule has 0 aliphatic carbocycles. The molecule has 104 valence electrons. The van der Waals surface area contributed by atoms with Crippen LogP contribution >= 0.6 is 23.2 Å². The molecule has 0 atom stereocenters. The van der Waals surface area contributed by atoms with Gasteiger partial charge < -0.3 is 4.74 Å². The van der Waals surface area contributed by atoms with Crippen LogP contribution in [0.15, 0.2) is 12.1 Å². The lowest BCUT2D eigenvalue weighted by atomic mass is 10.3. The van der Waals surface area contributed by atoms with Gasteiger partial charge in [-0.05, 0) is 0 Å². The summed E-state index contributed by atoms with van der Waals surface area (Å²) in [6.45, 7) is 0. The Labute approximate surface area is 114 Å². The van der Waals surface area contributed by atoms with E-state index in [1.54, 1.807) is 0 Å². The molecule has 1 aromatic rings. The van der Waals surface area contributed by atoms with Crippen LogP contribution in [0.2, 0.25) is 10.0 Å². The number of benzene rings is 1. The van der Waals surface area contributed by atoms with E-state index in [0.29, 0.717) is 6.07 Å². The van der Waals surface area contributed by atoms with Gasteiger partial charge in [-0.25, -0.2) is 5.84 Å². The number of amides is 1. The Kier molecular flexibility index (Phi) is 4.45. The van der Waals surface area contributed by atoms with Gasteiger partial charge in [0.15, 0.2) is 0 Å². The second kappa shape index (κ2) is 5.51. The number of carbonyl (C=O) groups is 1. The van der Waals surface area contributed by atoms with Crippen molar-refractivity contribution in [2.24, 2.45) is 5.84 Å². The van der Waals surface area contributed by atoms with E-state index in [0.717, 1.165) is 11.5 Å². The minimum Gasteiger partial charge on any atom is -0.418 e. The lowest BCUT2D eigenvalue weighted by Gasteiger charge is -2.16. The third-order valence-corrected chi connectivity index (χ3v) is 2.55. The molecular weight excluding hydrogens is 311 g/mol. The van der Waals surface area contributed by atoms with Crippen LogP contribution in [0.4, 0.5) is 14.5 Å². The number of hydrazine groups is 1. The normalized spacial score (nSPS) is 11.0. The van der Waals surface area contributed by atoms with E-state index >= 15 is 0 Å². The molecule has 3 N–H and O–H groups in total.